The minimum atomic E-state index is -3.82. The molecule has 174 valence electrons. The van der Waals surface area contributed by atoms with Crippen molar-refractivity contribution in [2.75, 3.05) is 18.4 Å². The van der Waals surface area contributed by atoms with E-state index in [1.807, 2.05) is 30.3 Å². The van der Waals surface area contributed by atoms with Crippen molar-refractivity contribution >= 4 is 32.7 Å². The highest BCUT2D eigenvalue weighted by Gasteiger charge is 2.33. The molecule has 0 radical (unpaired) electrons. The second kappa shape index (κ2) is 9.00. The summed E-state index contributed by atoms with van der Waals surface area (Å²) in [5.41, 5.74) is 2.28. The first-order chi connectivity index (χ1) is 16.4. The zero-order chi connectivity index (χ0) is 23.7. The predicted octanol–water partition coefficient (Wildman–Crippen LogP) is 4.41. The number of amides is 1. The summed E-state index contributed by atoms with van der Waals surface area (Å²) in [6.07, 6.45) is 1.07. The van der Waals surface area contributed by atoms with E-state index < -0.39 is 21.8 Å². The number of benzene rings is 3. The molecule has 1 fully saturated rings. The number of para-hydroxylation sites is 1. The molecule has 0 spiro atoms. The van der Waals surface area contributed by atoms with E-state index >= 15 is 0 Å². The van der Waals surface area contributed by atoms with Crippen LogP contribution in [0.15, 0.2) is 77.7 Å². The molecule has 0 aliphatic carbocycles. The number of H-pyrrole nitrogens is 1. The first kappa shape index (κ1) is 22.2. The third kappa shape index (κ3) is 4.32. The van der Waals surface area contributed by atoms with E-state index in [4.69, 9.17) is 0 Å². The molecule has 1 aliphatic heterocycles. The van der Waals surface area contributed by atoms with Crippen LogP contribution < -0.4 is 5.32 Å². The minimum absolute atomic E-state index is 0.0406. The van der Waals surface area contributed by atoms with Gasteiger partial charge in [0.25, 0.3) is 0 Å². The fraction of sp³-hybridized carbons (Fsp3) is 0.200. The summed E-state index contributed by atoms with van der Waals surface area (Å²) in [5, 5.41) is 2.59. The maximum atomic E-state index is 13.9. The largest absolute Gasteiger partial charge is 0.338 e. The predicted molar refractivity (Wildman–Crippen MR) is 128 cm³/mol. The number of halogens is 1. The number of hydrogen-bond donors (Lipinski definition) is 2. The molecule has 1 amide bonds. The quantitative estimate of drug-likeness (QED) is 0.444. The standard InChI is InChI=1S/C25H23FN4O3S/c26-20-10-4-5-11-21(20)29-25(31)18-9-6-14-30(16-18)34(32,33)19-12-13-22-23(15-19)28-24(27-22)17-7-2-1-3-8-17/h1-5,7-8,10-13,15,18H,6,9,14,16H2,(H,27,28)(H,29,31). The molecule has 1 unspecified atom stereocenters. The Labute approximate surface area is 196 Å². The van der Waals surface area contributed by atoms with E-state index in [0.717, 1.165) is 5.56 Å². The van der Waals surface area contributed by atoms with Crippen molar-refractivity contribution in [3.8, 4) is 11.4 Å². The molecule has 1 aliphatic rings. The fourth-order valence-corrected chi connectivity index (χ4v) is 5.75. The Balaban J connectivity index is 1.36. The van der Waals surface area contributed by atoms with Gasteiger partial charge in [0.05, 0.1) is 27.5 Å². The lowest BCUT2D eigenvalue weighted by molar-refractivity contribution is -0.120. The molecule has 1 saturated heterocycles. The lowest BCUT2D eigenvalue weighted by atomic mass is 9.98. The number of nitrogens with one attached hydrogen (secondary N) is 2. The summed E-state index contributed by atoms with van der Waals surface area (Å²) in [6.45, 7) is 0.362. The Morgan fingerprint density at radius 1 is 1.06 bits per heavy atom. The number of piperidine rings is 1. The summed E-state index contributed by atoms with van der Waals surface area (Å²) in [6, 6.07) is 20.3. The molecule has 7 nitrogen and oxygen atoms in total. The number of rotatable bonds is 5. The number of hydrogen-bond acceptors (Lipinski definition) is 4. The molecule has 9 heteroatoms. The van der Waals surface area contributed by atoms with Crippen LogP contribution in [0.2, 0.25) is 0 Å². The molecule has 1 aromatic heterocycles. The molecule has 2 heterocycles. The number of fused-ring (bicyclic) bond motifs is 1. The first-order valence-corrected chi connectivity index (χ1v) is 12.5. The van der Waals surface area contributed by atoms with Crippen LogP contribution in [0, 0.1) is 11.7 Å². The summed E-state index contributed by atoms with van der Waals surface area (Å²) in [5.74, 6) is -0.822. The molecule has 4 aromatic rings. The average molecular weight is 479 g/mol. The highest BCUT2D eigenvalue weighted by atomic mass is 32.2. The minimum Gasteiger partial charge on any atom is -0.338 e. The van der Waals surface area contributed by atoms with Gasteiger partial charge in [0.2, 0.25) is 15.9 Å². The molecule has 34 heavy (non-hydrogen) atoms. The number of nitrogens with zero attached hydrogens (tertiary/aromatic N) is 2. The van der Waals surface area contributed by atoms with Gasteiger partial charge in [-0.3, -0.25) is 4.79 Å². The smallest absolute Gasteiger partial charge is 0.243 e. The van der Waals surface area contributed by atoms with E-state index in [9.17, 15) is 17.6 Å². The molecule has 0 saturated carbocycles. The molecular weight excluding hydrogens is 455 g/mol. The maximum absolute atomic E-state index is 13.9. The van der Waals surface area contributed by atoms with Gasteiger partial charge in [0.1, 0.15) is 11.6 Å². The van der Waals surface area contributed by atoms with Crippen LogP contribution in [-0.2, 0) is 14.8 Å². The second-order valence-electron chi connectivity index (χ2n) is 8.30. The number of anilines is 1. The van der Waals surface area contributed by atoms with Gasteiger partial charge in [-0.25, -0.2) is 17.8 Å². The van der Waals surface area contributed by atoms with Crippen molar-refractivity contribution in [2.45, 2.75) is 17.7 Å². The lowest BCUT2D eigenvalue weighted by Crippen LogP contribution is -2.43. The molecule has 5 rings (SSSR count). The van der Waals surface area contributed by atoms with Crippen molar-refractivity contribution < 1.29 is 17.6 Å². The number of carbonyl (C=O) groups excluding carboxylic acids is 1. The number of sulfonamides is 1. The van der Waals surface area contributed by atoms with Crippen molar-refractivity contribution in [3.63, 3.8) is 0 Å². The van der Waals surface area contributed by atoms with Gasteiger partial charge in [-0.15, -0.1) is 0 Å². The zero-order valence-corrected chi connectivity index (χ0v) is 19.1. The average Bonchev–Trinajstić information content (AvgIpc) is 3.30. The van der Waals surface area contributed by atoms with Crippen LogP contribution in [0.1, 0.15) is 12.8 Å². The van der Waals surface area contributed by atoms with Gasteiger partial charge >= 0.3 is 0 Å². The Hall–Kier alpha value is -3.56. The van der Waals surface area contributed by atoms with E-state index in [1.165, 1.54) is 22.5 Å². The van der Waals surface area contributed by atoms with Crippen LogP contribution in [0.5, 0.6) is 0 Å². The first-order valence-electron chi connectivity index (χ1n) is 11.0. The Morgan fingerprint density at radius 3 is 2.62 bits per heavy atom. The highest BCUT2D eigenvalue weighted by Crippen LogP contribution is 2.28. The van der Waals surface area contributed by atoms with Gasteiger partial charge in [0, 0.05) is 18.7 Å². The van der Waals surface area contributed by atoms with E-state index in [2.05, 4.69) is 15.3 Å². The summed E-state index contributed by atoms with van der Waals surface area (Å²) in [4.78, 5) is 20.6. The van der Waals surface area contributed by atoms with Gasteiger partial charge < -0.3 is 10.3 Å². The van der Waals surface area contributed by atoms with Crippen molar-refractivity contribution in [3.05, 3.63) is 78.6 Å². The normalized spacial score (nSPS) is 17.0. The SMILES string of the molecule is O=C(Nc1ccccc1F)C1CCCN(S(=O)(=O)c2ccc3nc(-c4ccccc4)[nH]c3c2)C1. The van der Waals surface area contributed by atoms with Gasteiger partial charge in [0.15, 0.2) is 0 Å². The summed E-state index contributed by atoms with van der Waals surface area (Å²) in [7, 11) is -3.82. The molecule has 2 N–H and O–H groups in total. The van der Waals surface area contributed by atoms with E-state index in [1.54, 1.807) is 24.3 Å². The molecule has 3 aromatic carbocycles. The number of carbonyl (C=O) groups is 1. The van der Waals surface area contributed by atoms with Crippen LogP contribution in [0.3, 0.4) is 0 Å². The number of aromatic nitrogens is 2. The summed E-state index contributed by atoms with van der Waals surface area (Å²) >= 11 is 0. The monoisotopic (exact) mass is 478 g/mol. The van der Waals surface area contributed by atoms with Gasteiger partial charge in [-0.1, -0.05) is 42.5 Å². The number of imidazole rings is 1. The van der Waals surface area contributed by atoms with E-state index in [-0.39, 0.29) is 23.0 Å². The Bertz CT molecular complexity index is 1450. The summed E-state index contributed by atoms with van der Waals surface area (Å²) < 4.78 is 42.0. The van der Waals surface area contributed by atoms with Crippen molar-refractivity contribution in [1.82, 2.24) is 14.3 Å². The highest BCUT2D eigenvalue weighted by molar-refractivity contribution is 7.89. The van der Waals surface area contributed by atoms with Crippen LogP contribution in [-0.4, -0.2) is 41.7 Å². The van der Waals surface area contributed by atoms with Crippen LogP contribution in [0.25, 0.3) is 22.4 Å². The Morgan fingerprint density at radius 2 is 1.82 bits per heavy atom. The van der Waals surface area contributed by atoms with Gasteiger partial charge in [-0.05, 0) is 43.2 Å². The topological polar surface area (TPSA) is 95.2 Å². The third-order valence-corrected chi connectivity index (χ3v) is 7.89. The van der Waals surface area contributed by atoms with Crippen LogP contribution >= 0.6 is 0 Å². The zero-order valence-electron chi connectivity index (χ0n) is 18.2. The fourth-order valence-electron chi connectivity index (χ4n) is 4.20. The molecule has 0 bridgehead atoms. The Kier molecular flexibility index (Phi) is 5.89. The lowest BCUT2D eigenvalue weighted by Gasteiger charge is -2.31. The number of aromatic amines is 1. The van der Waals surface area contributed by atoms with E-state index in [0.29, 0.717) is 36.2 Å². The van der Waals surface area contributed by atoms with Crippen molar-refractivity contribution in [1.29, 1.82) is 0 Å². The van der Waals surface area contributed by atoms with Crippen molar-refractivity contribution in [2.24, 2.45) is 5.92 Å². The molecular formula is C25H23FN4O3S. The third-order valence-electron chi connectivity index (χ3n) is 6.02. The molecule has 1 atom stereocenters. The maximum Gasteiger partial charge on any atom is 0.243 e. The van der Waals surface area contributed by atoms with Gasteiger partial charge in [-0.2, -0.15) is 4.31 Å². The second-order valence-corrected chi connectivity index (χ2v) is 10.2. The van der Waals surface area contributed by atoms with Crippen LogP contribution in [0.4, 0.5) is 10.1 Å².